The Morgan fingerprint density at radius 3 is 1.56 bits per heavy atom. The summed E-state index contributed by atoms with van der Waals surface area (Å²) in [6, 6.07) is 10.9. The van der Waals surface area contributed by atoms with Crippen molar-refractivity contribution < 1.29 is 19.7 Å². The molecule has 0 amide bonds. The molecule has 0 radical (unpaired) electrons. The van der Waals surface area contributed by atoms with Crippen LogP contribution in [0.1, 0.15) is 37.8 Å². The highest BCUT2D eigenvalue weighted by molar-refractivity contribution is 7.80. The topological polar surface area (TPSA) is 58.9 Å². The molecule has 0 fully saturated rings. The van der Waals surface area contributed by atoms with Crippen LogP contribution in [-0.2, 0) is 5.41 Å². The Hall–Kier alpha value is -1.66. The van der Waals surface area contributed by atoms with Gasteiger partial charge in [0.25, 0.3) is 0 Å². The highest BCUT2D eigenvalue weighted by Gasteiger charge is 2.31. The van der Waals surface area contributed by atoms with E-state index in [1.54, 1.807) is 12.1 Å². The largest absolute Gasteiger partial charge is 0.504 e. The van der Waals surface area contributed by atoms with Crippen LogP contribution in [0.2, 0.25) is 0 Å². The van der Waals surface area contributed by atoms with E-state index >= 15 is 0 Å². The smallest absolute Gasteiger partial charge is 0.161 e. The number of benzene rings is 2. The van der Waals surface area contributed by atoms with Crippen molar-refractivity contribution >= 4 is 25.3 Å². The Kier molecular flexibility index (Phi) is 8.05. The van der Waals surface area contributed by atoms with Gasteiger partial charge in [-0.2, -0.15) is 25.3 Å². The fourth-order valence-corrected chi connectivity index (χ4v) is 3.18. The molecule has 0 spiro atoms. The standard InChI is InChI=1S/C21H28O4S2/c1-21(2,15-7-3-9-17(19(15)22)24-11-5-13-26)16-8-4-10-18(20(16)23)25-12-6-14-27/h3-4,7-10,22-23,26-27H,5-6,11-14H2,1-2H3. The van der Waals surface area contributed by atoms with E-state index in [1.165, 1.54) is 0 Å². The van der Waals surface area contributed by atoms with E-state index in [2.05, 4.69) is 25.3 Å². The lowest BCUT2D eigenvalue weighted by Gasteiger charge is -2.29. The van der Waals surface area contributed by atoms with Crippen LogP contribution in [0, 0.1) is 0 Å². The molecule has 0 aliphatic carbocycles. The number of phenols is 2. The highest BCUT2D eigenvalue weighted by Crippen LogP contribution is 2.46. The van der Waals surface area contributed by atoms with E-state index in [0.29, 0.717) is 35.8 Å². The van der Waals surface area contributed by atoms with Crippen molar-refractivity contribution in [2.75, 3.05) is 24.7 Å². The number of phenolic OH excluding ortho intramolecular Hbond substituents is 2. The second-order valence-electron chi connectivity index (χ2n) is 6.78. The molecule has 0 heterocycles. The Morgan fingerprint density at radius 1 is 0.778 bits per heavy atom. The molecule has 148 valence electrons. The summed E-state index contributed by atoms with van der Waals surface area (Å²) in [5.41, 5.74) is 0.697. The first-order valence-corrected chi connectivity index (χ1v) is 10.3. The Bertz CT molecular complexity index is 685. The number of hydrogen-bond donors (Lipinski definition) is 4. The van der Waals surface area contributed by atoms with Gasteiger partial charge in [0.1, 0.15) is 0 Å². The molecule has 0 saturated carbocycles. The van der Waals surface area contributed by atoms with Crippen LogP contribution in [0.3, 0.4) is 0 Å². The summed E-state index contributed by atoms with van der Waals surface area (Å²) in [4.78, 5) is 0. The minimum atomic E-state index is -0.653. The van der Waals surface area contributed by atoms with Crippen molar-refractivity contribution in [3.8, 4) is 23.0 Å². The zero-order valence-corrected chi connectivity index (χ0v) is 17.6. The van der Waals surface area contributed by atoms with Gasteiger partial charge < -0.3 is 19.7 Å². The predicted molar refractivity (Wildman–Crippen MR) is 116 cm³/mol. The van der Waals surface area contributed by atoms with E-state index in [0.717, 1.165) is 24.3 Å². The molecule has 0 aromatic heterocycles. The molecular formula is C21H28O4S2. The van der Waals surface area contributed by atoms with E-state index in [1.807, 2.05) is 38.1 Å². The van der Waals surface area contributed by atoms with Crippen molar-refractivity contribution in [3.05, 3.63) is 47.5 Å². The molecular weight excluding hydrogens is 380 g/mol. The van der Waals surface area contributed by atoms with E-state index < -0.39 is 5.41 Å². The lowest BCUT2D eigenvalue weighted by Crippen LogP contribution is -2.20. The predicted octanol–water partition coefficient (Wildman–Crippen LogP) is 4.82. The lowest BCUT2D eigenvalue weighted by molar-refractivity contribution is 0.294. The average Bonchev–Trinajstić information content (AvgIpc) is 2.64. The minimum Gasteiger partial charge on any atom is -0.504 e. The summed E-state index contributed by atoms with van der Waals surface area (Å²) in [5, 5.41) is 21.5. The van der Waals surface area contributed by atoms with Gasteiger partial charge in [-0.1, -0.05) is 38.1 Å². The van der Waals surface area contributed by atoms with Gasteiger partial charge in [-0.05, 0) is 36.5 Å². The van der Waals surface area contributed by atoms with Crippen LogP contribution in [0.25, 0.3) is 0 Å². The van der Waals surface area contributed by atoms with Crippen LogP contribution in [0.5, 0.6) is 23.0 Å². The molecule has 0 bridgehead atoms. The monoisotopic (exact) mass is 408 g/mol. The summed E-state index contributed by atoms with van der Waals surface area (Å²) in [5.74, 6) is 2.48. The summed E-state index contributed by atoms with van der Waals surface area (Å²) in [7, 11) is 0. The fraction of sp³-hybridized carbons (Fsp3) is 0.429. The molecule has 2 rings (SSSR count). The quantitative estimate of drug-likeness (QED) is 0.336. The number of rotatable bonds is 10. The molecule has 0 aliphatic heterocycles. The Labute approximate surface area is 172 Å². The number of ether oxygens (including phenoxy) is 2. The first kappa shape index (κ1) is 21.6. The molecule has 0 unspecified atom stereocenters. The second-order valence-corrected chi connectivity index (χ2v) is 7.68. The van der Waals surface area contributed by atoms with Gasteiger partial charge in [-0.15, -0.1) is 0 Å². The van der Waals surface area contributed by atoms with Gasteiger partial charge in [0, 0.05) is 16.5 Å². The van der Waals surface area contributed by atoms with Gasteiger partial charge >= 0.3 is 0 Å². The molecule has 2 N–H and O–H groups in total. The van der Waals surface area contributed by atoms with E-state index in [4.69, 9.17) is 9.47 Å². The third-order valence-corrected chi connectivity index (χ3v) is 5.10. The first-order valence-electron chi connectivity index (χ1n) is 9.05. The SMILES string of the molecule is CC(C)(c1cccc(OCCCS)c1O)c1cccc(OCCCS)c1O. The number of aromatic hydroxyl groups is 2. The third kappa shape index (κ3) is 5.20. The third-order valence-electron chi connectivity index (χ3n) is 4.46. The molecule has 0 atom stereocenters. The fourth-order valence-electron chi connectivity index (χ4n) is 2.92. The maximum atomic E-state index is 10.8. The summed E-state index contributed by atoms with van der Waals surface area (Å²) in [6.45, 7) is 4.87. The maximum absolute atomic E-state index is 10.8. The number of para-hydroxylation sites is 2. The van der Waals surface area contributed by atoms with Gasteiger partial charge in [0.15, 0.2) is 23.0 Å². The lowest BCUT2D eigenvalue weighted by atomic mass is 9.77. The number of thiol groups is 2. The van der Waals surface area contributed by atoms with Crippen molar-refractivity contribution in [3.63, 3.8) is 0 Å². The summed E-state index contributed by atoms with van der Waals surface area (Å²) >= 11 is 8.34. The van der Waals surface area contributed by atoms with Crippen molar-refractivity contribution in [1.29, 1.82) is 0 Å². The molecule has 2 aromatic carbocycles. The molecule has 27 heavy (non-hydrogen) atoms. The van der Waals surface area contributed by atoms with E-state index in [-0.39, 0.29) is 11.5 Å². The molecule has 2 aromatic rings. The van der Waals surface area contributed by atoms with Gasteiger partial charge in [-0.25, -0.2) is 0 Å². The first-order chi connectivity index (χ1) is 12.9. The van der Waals surface area contributed by atoms with Gasteiger partial charge in [0.2, 0.25) is 0 Å². The minimum absolute atomic E-state index is 0.0856. The number of hydrogen-bond acceptors (Lipinski definition) is 6. The van der Waals surface area contributed by atoms with Crippen LogP contribution in [-0.4, -0.2) is 34.9 Å². The Balaban J connectivity index is 2.35. The van der Waals surface area contributed by atoms with Crippen LogP contribution >= 0.6 is 25.3 Å². The van der Waals surface area contributed by atoms with Crippen molar-refractivity contribution in [2.24, 2.45) is 0 Å². The van der Waals surface area contributed by atoms with Crippen LogP contribution < -0.4 is 9.47 Å². The zero-order valence-electron chi connectivity index (χ0n) is 15.8. The summed E-state index contributed by atoms with van der Waals surface area (Å²) in [6.07, 6.45) is 1.59. The molecule has 0 saturated heterocycles. The zero-order chi connectivity index (χ0) is 19.9. The van der Waals surface area contributed by atoms with Crippen LogP contribution in [0.15, 0.2) is 36.4 Å². The highest BCUT2D eigenvalue weighted by atomic mass is 32.1. The maximum Gasteiger partial charge on any atom is 0.161 e. The normalized spacial score (nSPS) is 11.4. The summed E-state index contributed by atoms with van der Waals surface area (Å²) < 4.78 is 11.4. The molecule has 4 nitrogen and oxygen atoms in total. The van der Waals surface area contributed by atoms with Crippen molar-refractivity contribution in [2.45, 2.75) is 32.1 Å². The second kappa shape index (κ2) is 10.0. The van der Waals surface area contributed by atoms with Gasteiger partial charge in [0.05, 0.1) is 13.2 Å². The molecule has 6 heteroatoms. The van der Waals surface area contributed by atoms with Gasteiger partial charge in [-0.3, -0.25) is 0 Å². The average molecular weight is 409 g/mol. The van der Waals surface area contributed by atoms with Crippen molar-refractivity contribution in [1.82, 2.24) is 0 Å². The molecule has 0 aliphatic rings. The Morgan fingerprint density at radius 2 is 1.19 bits per heavy atom. The van der Waals surface area contributed by atoms with E-state index in [9.17, 15) is 10.2 Å². The van der Waals surface area contributed by atoms with Crippen LogP contribution in [0.4, 0.5) is 0 Å².